The van der Waals surface area contributed by atoms with E-state index in [4.69, 9.17) is 21.1 Å². The summed E-state index contributed by atoms with van der Waals surface area (Å²) in [5.74, 6) is 0.209. The van der Waals surface area contributed by atoms with Crippen LogP contribution in [0.1, 0.15) is 6.42 Å². The molecule has 0 aliphatic carbocycles. The zero-order valence-electron chi connectivity index (χ0n) is 17.3. The molecule has 0 spiro atoms. The fraction of sp³-hybridized carbons (Fsp3) is 0.435. The van der Waals surface area contributed by atoms with Gasteiger partial charge in [-0.05, 0) is 36.8 Å². The van der Waals surface area contributed by atoms with E-state index >= 15 is 0 Å². The van der Waals surface area contributed by atoms with E-state index in [-0.39, 0.29) is 6.61 Å². The van der Waals surface area contributed by atoms with Crippen LogP contribution in [0.3, 0.4) is 0 Å². The Bertz CT molecular complexity index is 877. The summed E-state index contributed by atoms with van der Waals surface area (Å²) >= 11 is 7.30. The van der Waals surface area contributed by atoms with Crippen LogP contribution in [-0.4, -0.2) is 73.3 Å². The Kier molecular flexibility index (Phi) is 7.61. The summed E-state index contributed by atoms with van der Waals surface area (Å²) in [5.41, 5.74) is 1.27. The second-order valence-corrected chi connectivity index (χ2v) is 9.31. The van der Waals surface area contributed by atoms with E-state index in [1.165, 1.54) is 17.4 Å². The maximum Gasteiger partial charge on any atom is 0.322 e. The Morgan fingerprint density at radius 2 is 1.94 bits per heavy atom. The van der Waals surface area contributed by atoms with Crippen LogP contribution in [-0.2, 0) is 9.53 Å². The maximum absolute atomic E-state index is 12.6. The number of para-hydroxylation sites is 1. The van der Waals surface area contributed by atoms with Gasteiger partial charge in [0.15, 0.2) is 0 Å². The van der Waals surface area contributed by atoms with Gasteiger partial charge in [0.1, 0.15) is 23.7 Å². The fourth-order valence-corrected chi connectivity index (χ4v) is 5.14. The van der Waals surface area contributed by atoms with Gasteiger partial charge >= 0.3 is 5.97 Å². The number of thioether (sulfide) groups is 1. The van der Waals surface area contributed by atoms with Crippen molar-refractivity contribution >= 4 is 35.0 Å². The summed E-state index contributed by atoms with van der Waals surface area (Å²) in [6, 6.07) is 15.7. The molecule has 1 fully saturated rings. The van der Waals surface area contributed by atoms with Crippen LogP contribution in [0.5, 0.6) is 5.75 Å². The van der Waals surface area contributed by atoms with Crippen molar-refractivity contribution < 1.29 is 19.4 Å². The zero-order valence-corrected chi connectivity index (χ0v) is 18.9. The van der Waals surface area contributed by atoms with Crippen LogP contribution in [0, 0.1) is 0 Å². The quantitative estimate of drug-likeness (QED) is 0.522. The lowest BCUT2D eigenvalue weighted by Crippen LogP contribution is -2.46. The number of halogens is 1. The maximum atomic E-state index is 12.6. The lowest BCUT2D eigenvalue weighted by atomic mass is 10.2. The average Bonchev–Trinajstić information content (AvgIpc) is 2.96. The summed E-state index contributed by atoms with van der Waals surface area (Å²) in [4.78, 5) is 18.1. The van der Waals surface area contributed by atoms with Crippen molar-refractivity contribution in [2.75, 3.05) is 50.8 Å². The van der Waals surface area contributed by atoms with Gasteiger partial charge in [0.05, 0.1) is 11.5 Å². The van der Waals surface area contributed by atoms with Crippen molar-refractivity contribution in [1.29, 1.82) is 0 Å². The normalized spacial score (nSPS) is 21.7. The molecule has 2 aromatic carbocycles. The summed E-state index contributed by atoms with van der Waals surface area (Å²) in [7, 11) is 0. The molecule has 1 N–H and O–H groups in total. The van der Waals surface area contributed by atoms with Crippen molar-refractivity contribution in [3.8, 4) is 5.75 Å². The van der Waals surface area contributed by atoms with E-state index in [0.29, 0.717) is 17.4 Å². The molecule has 2 heterocycles. The standard InChI is InChI=1S/C23H27ClN2O4S/c24-17-7-8-20-21(15-17)31-22(19(27)16-30-20)23(28)29-14-4-9-25-10-12-26(13-11-25)18-5-2-1-3-6-18/h1-3,5-8,15,19,22,27H,4,9-14,16H2/t19-,22-/m0/s1. The highest BCUT2D eigenvalue weighted by atomic mass is 35.5. The summed E-state index contributed by atoms with van der Waals surface area (Å²) < 4.78 is 11.1. The lowest BCUT2D eigenvalue weighted by molar-refractivity contribution is -0.145. The van der Waals surface area contributed by atoms with Crippen LogP contribution in [0.15, 0.2) is 53.4 Å². The minimum Gasteiger partial charge on any atom is -0.490 e. The Balaban J connectivity index is 1.20. The zero-order chi connectivity index (χ0) is 21.6. The summed E-state index contributed by atoms with van der Waals surface area (Å²) in [6.07, 6.45) is -0.168. The molecule has 31 heavy (non-hydrogen) atoms. The number of aliphatic hydroxyl groups is 1. The second-order valence-electron chi connectivity index (χ2n) is 7.69. The third-order valence-electron chi connectivity index (χ3n) is 5.51. The smallest absolute Gasteiger partial charge is 0.322 e. The van der Waals surface area contributed by atoms with Gasteiger partial charge in [0, 0.05) is 43.4 Å². The number of aliphatic hydroxyl groups excluding tert-OH is 1. The molecule has 0 unspecified atom stereocenters. The molecule has 2 aliphatic heterocycles. The van der Waals surface area contributed by atoms with Crippen LogP contribution >= 0.6 is 23.4 Å². The SMILES string of the molecule is O=C(OCCCN1CCN(c2ccccc2)CC1)[C@H]1Sc2cc(Cl)ccc2OC[C@@H]1O. The number of hydrogen-bond donors (Lipinski definition) is 1. The van der Waals surface area contributed by atoms with Crippen LogP contribution < -0.4 is 9.64 Å². The van der Waals surface area contributed by atoms with Crippen LogP contribution in [0.2, 0.25) is 5.02 Å². The van der Waals surface area contributed by atoms with Crippen molar-refractivity contribution in [1.82, 2.24) is 4.90 Å². The highest BCUT2D eigenvalue weighted by molar-refractivity contribution is 8.00. The number of carbonyl (C=O) groups excluding carboxylic acids is 1. The van der Waals surface area contributed by atoms with E-state index in [1.807, 2.05) is 6.07 Å². The van der Waals surface area contributed by atoms with E-state index in [0.717, 1.165) is 44.0 Å². The van der Waals surface area contributed by atoms with Crippen molar-refractivity contribution in [2.45, 2.75) is 22.7 Å². The van der Waals surface area contributed by atoms with E-state index in [1.54, 1.807) is 18.2 Å². The molecule has 0 amide bonds. The molecule has 2 aromatic rings. The van der Waals surface area contributed by atoms with Gasteiger partial charge < -0.3 is 19.5 Å². The predicted molar refractivity (Wildman–Crippen MR) is 123 cm³/mol. The molecule has 6 nitrogen and oxygen atoms in total. The first-order valence-electron chi connectivity index (χ1n) is 10.6. The van der Waals surface area contributed by atoms with Gasteiger partial charge in [0.25, 0.3) is 0 Å². The second kappa shape index (κ2) is 10.6. The summed E-state index contributed by atoms with van der Waals surface area (Å²) in [6.45, 7) is 5.26. The number of piperazine rings is 1. The Hall–Kier alpha value is -1.93. The minimum atomic E-state index is -0.935. The topological polar surface area (TPSA) is 62.2 Å². The Morgan fingerprint density at radius 1 is 1.16 bits per heavy atom. The molecule has 0 aromatic heterocycles. The molecular formula is C23H27ClN2O4S. The molecule has 8 heteroatoms. The van der Waals surface area contributed by atoms with Gasteiger partial charge in [-0.2, -0.15) is 0 Å². The Morgan fingerprint density at radius 3 is 2.71 bits per heavy atom. The fourth-order valence-electron chi connectivity index (χ4n) is 3.79. The number of anilines is 1. The molecule has 4 rings (SSSR count). The number of carbonyl (C=O) groups is 1. The number of rotatable bonds is 6. The van der Waals surface area contributed by atoms with E-state index < -0.39 is 17.3 Å². The molecule has 1 saturated heterocycles. The number of benzene rings is 2. The molecule has 0 bridgehead atoms. The number of hydrogen-bond acceptors (Lipinski definition) is 7. The minimum absolute atomic E-state index is 0.0487. The number of ether oxygens (including phenoxy) is 2. The first-order valence-corrected chi connectivity index (χ1v) is 11.8. The molecular weight excluding hydrogens is 436 g/mol. The van der Waals surface area contributed by atoms with Crippen LogP contribution in [0.25, 0.3) is 0 Å². The molecule has 0 radical (unpaired) electrons. The van der Waals surface area contributed by atoms with Gasteiger partial charge in [-0.25, -0.2) is 0 Å². The molecule has 2 aliphatic rings. The van der Waals surface area contributed by atoms with Crippen LogP contribution in [0.4, 0.5) is 5.69 Å². The van der Waals surface area contributed by atoms with Gasteiger partial charge in [-0.1, -0.05) is 29.8 Å². The third kappa shape index (κ3) is 5.86. The highest BCUT2D eigenvalue weighted by Crippen LogP contribution is 2.38. The number of esters is 1. The third-order valence-corrected chi connectivity index (χ3v) is 7.08. The largest absolute Gasteiger partial charge is 0.490 e. The monoisotopic (exact) mass is 462 g/mol. The van der Waals surface area contributed by atoms with Crippen molar-refractivity contribution in [2.24, 2.45) is 0 Å². The Labute approximate surface area is 192 Å². The first kappa shape index (κ1) is 22.3. The molecule has 0 saturated carbocycles. The first-order chi connectivity index (χ1) is 15.1. The average molecular weight is 463 g/mol. The van der Waals surface area contributed by atoms with Crippen molar-refractivity contribution in [3.05, 3.63) is 53.6 Å². The van der Waals surface area contributed by atoms with Gasteiger partial charge in [-0.3, -0.25) is 9.69 Å². The van der Waals surface area contributed by atoms with E-state index in [2.05, 4.69) is 34.1 Å². The predicted octanol–water partition coefficient (Wildman–Crippen LogP) is 3.31. The van der Waals surface area contributed by atoms with Gasteiger partial charge in [0.2, 0.25) is 0 Å². The molecule has 166 valence electrons. The van der Waals surface area contributed by atoms with Gasteiger partial charge in [-0.15, -0.1) is 11.8 Å². The lowest BCUT2D eigenvalue weighted by Gasteiger charge is -2.36. The summed E-state index contributed by atoms with van der Waals surface area (Å²) in [5, 5.41) is 10.2. The molecule has 2 atom stereocenters. The van der Waals surface area contributed by atoms with E-state index in [9.17, 15) is 9.90 Å². The van der Waals surface area contributed by atoms with Crippen molar-refractivity contribution in [3.63, 3.8) is 0 Å². The number of nitrogens with zero attached hydrogens (tertiary/aromatic N) is 2. The highest BCUT2D eigenvalue weighted by Gasteiger charge is 2.33. The number of fused-ring (bicyclic) bond motifs is 1.